The van der Waals surface area contributed by atoms with Gasteiger partial charge in [-0.3, -0.25) is 4.79 Å². The molecule has 0 radical (unpaired) electrons. The van der Waals surface area contributed by atoms with Crippen LogP contribution in [0.3, 0.4) is 0 Å². The lowest BCUT2D eigenvalue weighted by Crippen LogP contribution is -2.00. The van der Waals surface area contributed by atoms with Crippen molar-refractivity contribution in [3.8, 4) is 22.8 Å². The van der Waals surface area contributed by atoms with Crippen LogP contribution in [0.15, 0.2) is 51.7 Å². The number of hydrogen-bond acceptors (Lipinski definition) is 4. The Bertz CT molecular complexity index is 860. The van der Waals surface area contributed by atoms with E-state index in [4.69, 9.17) is 4.42 Å². The van der Waals surface area contributed by atoms with E-state index in [1.165, 1.54) is 17.7 Å². The Hall–Kier alpha value is -2.75. The van der Waals surface area contributed by atoms with Gasteiger partial charge in [0.15, 0.2) is 5.43 Å². The van der Waals surface area contributed by atoms with E-state index < -0.39 is 0 Å². The minimum Gasteiger partial charge on any atom is -0.508 e. The molecule has 3 rings (SSSR count). The third kappa shape index (κ3) is 2.36. The van der Waals surface area contributed by atoms with Crippen molar-refractivity contribution in [1.29, 1.82) is 0 Å². The molecule has 1 heterocycles. The highest BCUT2D eigenvalue weighted by Gasteiger charge is 2.12. The van der Waals surface area contributed by atoms with E-state index in [2.05, 4.69) is 6.92 Å². The second-order valence-electron chi connectivity index (χ2n) is 4.86. The fourth-order valence-electron chi connectivity index (χ4n) is 2.30. The second kappa shape index (κ2) is 4.98. The fraction of sp³-hybridized carbons (Fsp3) is 0.118. The monoisotopic (exact) mass is 282 g/mol. The molecule has 0 spiro atoms. The zero-order chi connectivity index (χ0) is 15.0. The van der Waals surface area contributed by atoms with E-state index in [0.29, 0.717) is 5.76 Å². The number of fused-ring (bicyclic) bond motifs is 1. The Balaban J connectivity index is 2.22. The van der Waals surface area contributed by atoms with E-state index in [1.54, 1.807) is 0 Å². The summed E-state index contributed by atoms with van der Waals surface area (Å²) >= 11 is 0. The van der Waals surface area contributed by atoms with Gasteiger partial charge >= 0.3 is 0 Å². The van der Waals surface area contributed by atoms with Gasteiger partial charge in [0.05, 0.1) is 0 Å². The largest absolute Gasteiger partial charge is 0.508 e. The molecule has 2 aromatic carbocycles. The van der Waals surface area contributed by atoms with Crippen molar-refractivity contribution in [2.24, 2.45) is 0 Å². The quantitative estimate of drug-likeness (QED) is 0.755. The van der Waals surface area contributed by atoms with Gasteiger partial charge < -0.3 is 14.6 Å². The zero-order valence-corrected chi connectivity index (χ0v) is 11.5. The van der Waals surface area contributed by atoms with Gasteiger partial charge in [0.2, 0.25) is 0 Å². The van der Waals surface area contributed by atoms with E-state index in [9.17, 15) is 15.0 Å². The van der Waals surface area contributed by atoms with Crippen molar-refractivity contribution in [2.75, 3.05) is 0 Å². The van der Waals surface area contributed by atoms with Gasteiger partial charge in [-0.25, -0.2) is 0 Å². The molecular formula is C17H14O4. The minimum atomic E-state index is -0.344. The van der Waals surface area contributed by atoms with Crippen molar-refractivity contribution in [1.82, 2.24) is 0 Å². The van der Waals surface area contributed by atoms with Crippen LogP contribution in [-0.2, 0) is 6.42 Å². The number of benzene rings is 2. The van der Waals surface area contributed by atoms with Crippen LogP contribution in [0.25, 0.3) is 22.3 Å². The molecule has 0 amide bonds. The molecule has 0 aliphatic rings. The molecule has 0 saturated carbocycles. The molecule has 0 fully saturated rings. The molecule has 0 aliphatic carbocycles. The third-order valence-electron chi connectivity index (χ3n) is 3.44. The summed E-state index contributed by atoms with van der Waals surface area (Å²) in [5.41, 5.74) is 1.78. The summed E-state index contributed by atoms with van der Waals surface area (Å²) < 4.78 is 5.64. The number of phenolic OH excluding ortho intramolecular Hbond substituents is 2. The Morgan fingerprint density at radius 1 is 1.05 bits per heavy atom. The Morgan fingerprint density at radius 2 is 1.76 bits per heavy atom. The summed E-state index contributed by atoms with van der Waals surface area (Å²) in [5, 5.41) is 19.3. The lowest BCUT2D eigenvalue weighted by atomic mass is 10.1. The van der Waals surface area contributed by atoms with E-state index in [-0.39, 0.29) is 27.9 Å². The highest BCUT2D eigenvalue weighted by atomic mass is 16.3. The number of hydrogen-bond donors (Lipinski definition) is 2. The van der Waals surface area contributed by atoms with Gasteiger partial charge in [-0.15, -0.1) is 0 Å². The first-order valence-corrected chi connectivity index (χ1v) is 6.67. The van der Waals surface area contributed by atoms with Crippen molar-refractivity contribution >= 4 is 11.0 Å². The second-order valence-corrected chi connectivity index (χ2v) is 4.86. The molecule has 0 bridgehead atoms. The van der Waals surface area contributed by atoms with Gasteiger partial charge in [0.1, 0.15) is 28.2 Å². The number of aromatic hydroxyl groups is 2. The van der Waals surface area contributed by atoms with E-state index in [0.717, 1.165) is 18.1 Å². The maximum atomic E-state index is 12.1. The van der Waals surface area contributed by atoms with Crippen molar-refractivity contribution in [3.05, 3.63) is 58.3 Å². The molecule has 0 atom stereocenters. The van der Waals surface area contributed by atoms with Gasteiger partial charge in [0, 0.05) is 23.8 Å². The van der Waals surface area contributed by atoms with Crippen molar-refractivity contribution in [3.63, 3.8) is 0 Å². The van der Waals surface area contributed by atoms with Crippen LogP contribution >= 0.6 is 0 Å². The van der Waals surface area contributed by atoms with Crippen LogP contribution in [0.1, 0.15) is 12.5 Å². The lowest BCUT2D eigenvalue weighted by molar-refractivity contribution is 0.452. The predicted octanol–water partition coefficient (Wildman–Crippen LogP) is 3.43. The number of aryl methyl sites for hydroxylation is 1. The highest BCUT2D eigenvalue weighted by Crippen LogP contribution is 2.30. The first-order chi connectivity index (χ1) is 10.1. The van der Waals surface area contributed by atoms with Gasteiger partial charge in [-0.2, -0.15) is 0 Å². The van der Waals surface area contributed by atoms with Crippen LogP contribution in [0.4, 0.5) is 0 Å². The van der Waals surface area contributed by atoms with E-state index >= 15 is 0 Å². The number of rotatable bonds is 2. The minimum absolute atomic E-state index is 0.0710. The zero-order valence-electron chi connectivity index (χ0n) is 11.5. The molecule has 4 nitrogen and oxygen atoms in total. The van der Waals surface area contributed by atoms with Gasteiger partial charge in [-0.05, 0) is 12.0 Å². The van der Waals surface area contributed by atoms with Gasteiger partial charge in [0.25, 0.3) is 0 Å². The summed E-state index contributed by atoms with van der Waals surface area (Å²) in [7, 11) is 0. The Labute approximate surface area is 120 Å². The summed E-state index contributed by atoms with van der Waals surface area (Å²) in [6.45, 7) is 2.07. The Morgan fingerprint density at radius 3 is 2.43 bits per heavy atom. The summed E-state index contributed by atoms with van der Waals surface area (Å²) in [4.78, 5) is 12.1. The van der Waals surface area contributed by atoms with Crippen LogP contribution < -0.4 is 5.43 Å². The average molecular weight is 282 g/mol. The third-order valence-corrected chi connectivity index (χ3v) is 3.44. The van der Waals surface area contributed by atoms with Crippen LogP contribution in [0, 0.1) is 0 Å². The molecule has 0 aliphatic heterocycles. The smallest absolute Gasteiger partial charge is 0.197 e. The predicted molar refractivity (Wildman–Crippen MR) is 80.6 cm³/mol. The van der Waals surface area contributed by atoms with Crippen LogP contribution in [0.5, 0.6) is 11.5 Å². The normalized spacial score (nSPS) is 10.9. The van der Waals surface area contributed by atoms with Gasteiger partial charge in [-0.1, -0.05) is 31.2 Å². The molecule has 1 aromatic heterocycles. The maximum Gasteiger partial charge on any atom is 0.197 e. The molecule has 2 N–H and O–H groups in total. The molecule has 106 valence electrons. The highest BCUT2D eigenvalue weighted by molar-refractivity contribution is 5.85. The lowest BCUT2D eigenvalue weighted by Gasteiger charge is -2.06. The SMILES string of the molecule is CCc1ccc(-c2cc(=O)c3c(O)cc(O)cc3o2)cc1. The number of phenols is 2. The molecule has 21 heavy (non-hydrogen) atoms. The fourth-order valence-corrected chi connectivity index (χ4v) is 2.30. The summed E-state index contributed by atoms with van der Waals surface area (Å²) in [5.74, 6) is -0.0339. The van der Waals surface area contributed by atoms with Crippen LogP contribution in [-0.4, -0.2) is 10.2 Å². The van der Waals surface area contributed by atoms with Crippen molar-refractivity contribution < 1.29 is 14.6 Å². The first-order valence-electron chi connectivity index (χ1n) is 6.67. The van der Waals surface area contributed by atoms with Crippen LogP contribution in [0.2, 0.25) is 0 Å². The molecule has 0 saturated heterocycles. The average Bonchev–Trinajstić information content (AvgIpc) is 2.46. The topological polar surface area (TPSA) is 70.7 Å². The maximum absolute atomic E-state index is 12.1. The van der Waals surface area contributed by atoms with Crippen molar-refractivity contribution in [2.45, 2.75) is 13.3 Å². The molecule has 0 unspecified atom stereocenters. The standard InChI is InChI=1S/C17H14O4/c1-2-10-3-5-11(6-4-10)15-9-14(20)17-13(19)7-12(18)8-16(17)21-15/h3-9,18-19H,2H2,1H3. The Kier molecular flexibility index (Phi) is 3.14. The summed E-state index contributed by atoms with van der Waals surface area (Å²) in [6, 6.07) is 11.5. The molecule has 3 aromatic rings. The molecule has 4 heteroatoms. The first kappa shape index (κ1) is 13.2. The van der Waals surface area contributed by atoms with E-state index in [1.807, 2.05) is 24.3 Å². The molecular weight excluding hydrogens is 268 g/mol. The summed E-state index contributed by atoms with van der Waals surface area (Å²) in [6.07, 6.45) is 0.934.